The Labute approximate surface area is 112 Å². The van der Waals surface area contributed by atoms with E-state index < -0.39 is 0 Å². The van der Waals surface area contributed by atoms with Gasteiger partial charge in [0, 0.05) is 34.2 Å². The Balaban J connectivity index is 0.00000108. The van der Waals surface area contributed by atoms with Crippen molar-refractivity contribution in [3.8, 4) is 0 Å². The van der Waals surface area contributed by atoms with E-state index in [2.05, 4.69) is 41.5 Å². The second kappa shape index (κ2) is 4.67. The van der Waals surface area contributed by atoms with Crippen LogP contribution in [-0.4, -0.2) is 11.0 Å². The van der Waals surface area contributed by atoms with E-state index >= 15 is 0 Å². The molecule has 93 valence electrons. The van der Waals surface area contributed by atoms with E-state index in [0.717, 1.165) is 17.6 Å². The molecule has 1 aromatic carbocycles. The first-order valence-electron chi connectivity index (χ1n) is 5.90. The molecule has 1 aliphatic heterocycles. The molecule has 0 saturated carbocycles. The third kappa shape index (κ3) is 2.18. The fourth-order valence-corrected chi connectivity index (χ4v) is 2.39. The maximum atomic E-state index is 4.66. The number of benzene rings is 1. The molecule has 1 aromatic heterocycles. The minimum atomic E-state index is 0. The van der Waals surface area contributed by atoms with Crippen LogP contribution >= 0.6 is 0 Å². The number of hydrogen-bond donors (Lipinski definition) is 1. The summed E-state index contributed by atoms with van der Waals surface area (Å²) in [7, 11) is 0. The third-order valence-electron chi connectivity index (χ3n) is 3.33. The van der Waals surface area contributed by atoms with E-state index in [0.29, 0.717) is 6.04 Å². The Morgan fingerprint density at radius 3 is 2.82 bits per heavy atom. The number of aryl methyl sites for hydroxylation is 2. The van der Waals surface area contributed by atoms with Crippen LogP contribution in [0.1, 0.15) is 24.6 Å². The molecule has 2 nitrogen and oxygen atoms in total. The van der Waals surface area contributed by atoms with Crippen molar-refractivity contribution in [1.29, 1.82) is 0 Å². The van der Waals surface area contributed by atoms with Gasteiger partial charge in [0.1, 0.15) is 0 Å². The SMILES string of the molecule is Cc1ccc2ccc3c(c2n1)NC(C)CC3.[Cu]. The number of nitrogens with zero attached hydrogens (tertiary/aromatic N) is 1. The average Bonchev–Trinajstić information content (AvgIpc) is 2.29. The molecule has 1 atom stereocenters. The van der Waals surface area contributed by atoms with Gasteiger partial charge in [0.15, 0.2) is 0 Å². The summed E-state index contributed by atoms with van der Waals surface area (Å²) in [4.78, 5) is 4.66. The van der Waals surface area contributed by atoms with E-state index in [1.54, 1.807) is 0 Å². The molecule has 0 bridgehead atoms. The second-order valence-electron chi connectivity index (χ2n) is 4.71. The van der Waals surface area contributed by atoms with Gasteiger partial charge in [-0.05, 0) is 38.3 Å². The number of nitrogens with one attached hydrogen (secondary N) is 1. The Hall–Kier alpha value is -1.05. The van der Waals surface area contributed by atoms with Crippen molar-refractivity contribution < 1.29 is 17.1 Å². The summed E-state index contributed by atoms with van der Waals surface area (Å²) < 4.78 is 0. The Morgan fingerprint density at radius 1 is 1.24 bits per heavy atom. The molecule has 0 spiro atoms. The van der Waals surface area contributed by atoms with Crippen LogP contribution in [0.4, 0.5) is 5.69 Å². The smallest absolute Gasteiger partial charge is 0.0939 e. The zero-order valence-corrected chi connectivity index (χ0v) is 11.0. The van der Waals surface area contributed by atoms with Gasteiger partial charge in [-0.1, -0.05) is 18.2 Å². The van der Waals surface area contributed by atoms with Crippen molar-refractivity contribution in [2.24, 2.45) is 0 Å². The van der Waals surface area contributed by atoms with Crippen LogP contribution in [0.15, 0.2) is 24.3 Å². The van der Waals surface area contributed by atoms with Crippen molar-refractivity contribution in [3.05, 3.63) is 35.5 Å². The van der Waals surface area contributed by atoms with Crippen LogP contribution in [0.3, 0.4) is 0 Å². The number of aromatic nitrogens is 1. The van der Waals surface area contributed by atoms with Gasteiger partial charge in [-0.25, -0.2) is 0 Å². The molecule has 0 amide bonds. The van der Waals surface area contributed by atoms with Crippen LogP contribution in [0.2, 0.25) is 0 Å². The largest absolute Gasteiger partial charge is 0.381 e. The second-order valence-corrected chi connectivity index (χ2v) is 4.71. The zero-order chi connectivity index (χ0) is 11.1. The molecule has 0 aliphatic carbocycles. The first kappa shape index (κ1) is 12.4. The van der Waals surface area contributed by atoms with Crippen LogP contribution in [0, 0.1) is 6.92 Å². The van der Waals surface area contributed by atoms with Crippen molar-refractivity contribution >= 4 is 16.6 Å². The molecular formula is C14H16CuN2. The molecule has 3 rings (SSSR count). The predicted molar refractivity (Wildman–Crippen MR) is 67.9 cm³/mol. The van der Waals surface area contributed by atoms with Crippen LogP contribution in [0.5, 0.6) is 0 Å². The summed E-state index contributed by atoms with van der Waals surface area (Å²) in [6.45, 7) is 4.28. The van der Waals surface area contributed by atoms with E-state index in [-0.39, 0.29) is 17.1 Å². The van der Waals surface area contributed by atoms with Gasteiger partial charge in [-0.3, -0.25) is 4.98 Å². The van der Waals surface area contributed by atoms with Crippen LogP contribution in [-0.2, 0) is 23.5 Å². The third-order valence-corrected chi connectivity index (χ3v) is 3.33. The normalized spacial score (nSPS) is 18.1. The van der Waals surface area contributed by atoms with Gasteiger partial charge in [-0.2, -0.15) is 0 Å². The molecule has 2 heterocycles. The number of hydrogen-bond acceptors (Lipinski definition) is 2. The van der Waals surface area contributed by atoms with Gasteiger partial charge in [0.25, 0.3) is 0 Å². The van der Waals surface area contributed by atoms with Gasteiger partial charge in [-0.15, -0.1) is 0 Å². The van der Waals surface area contributed by atoms with Crippen LogP contribution in [0.25, 0.3) is 10.9 Å². The average molecular weight is 276 g/mol. The fraction of sp³-hybridized carbons (Fsp3) is 0.357. The number of rotatable bonds is 0. The minimum Gasteiger partial charge on any atom is -0.381 e. The summed E-state index contributed by atoms with van der Waals surface area (Å²) in [5.41, 5.74) is 4.87. The van der Waals surface area contributed by atoms with Gasteiger partial charge < -0.3 is 5.32 Å². The van der Waals surface area contributed by atoms with Gasteiger partial charge in [0.2, 0.25) is 0 Å². The maximum Gasteiger partial charge on any atom is 0.0939 e. The molecule has 1 N–H and O–H groups in total. The van der Waals surface area contributed by atoms with E-state index in [1.807, 2.05) is 6.92 Å². The summed E-state index contributed by atoms with van der Waals surface area (Å²) in [5, 5.41) is 4.80. The minimum absolute atomic E-state index is 0. The molecule has 0 saturated heterocycles. The van der Waals surface area contributed by atoms with E-state index in [1.165, 1.54) is 23.1 Å². The Morgan fingerprint density at radius 2 is 2.00 bits per heavy atom. The summed E-state index contributed by atoms with van der Waals surface area (Å²) >= 11 is 0. The summed E-state index contributed by atoms with van der Waals surface area (Å²) in [6.07, 6.45) is 2.37. The monoisotopic (exact) mass is 275 g/mol. The summed E-state index contributed by atoms with van der Waals surface area (Å²) in [6, 6.07) is 9.19. The first-order chi connectivity index (χ1) is 7.74. The van der Waals surface area contributed by atoms with E-state index in [4.69, 9.17) is 0 Å². The standard InChI is InChI=1S/C14H16N2.Cu/c1-9-3-5-11-7-8-12-6-4-10(2)16-14(12)13(11)15-9;/h3,5,7-8,10,16H,4,6H2,1-2H3;. The number of pyridine rings is 1. The maximum absolute atomic E-state index is 4.66. The molecule has 0 fully saturated rings. The fourth-order valence-electron chi connectivity index (χ4n) is 2.39. The molecule has 1 unspecified atom stereocenters. The van der Waals surface area contributed by atoms with Crippen molar-refractivity contribution in [3.63, 3.8) is 0 Å². The topological polar surface area (TPSA) is 24.9 Å². The van der Waals surface area contributed by atoms with Crippen molar-refractivity contribution in [2.75, 3.05) is 5.32 Å². The zero-order valence-electron chi connectivity index (χ0n) is 10.0. The number of anilines is 1. The van der Waals surface area contributed by atoms with Crippen molar-refractivity contribution in [1.82, 2.24) is 4.98 Å². The quantitative estimate of drug-likeness (QED) is 0.747. The van der Waals surface area contributed by atoms with Crippen molar-refractivity contribution in [2.45, 2.75) is 32.7 Å². The molecular weight excluding hydrogens is 260 g/mol. The summed E-state index contributed by atoms with van der Waals surface area (Å²) in [5.74, 6) is 0. The Bertz CT molecular complexity index is 551. The number of fused-ring (bicyclic) bond motifs is 3. The molecule has 17 heavy (non-hydrogen) atoms. The van der Waals surface area contributed by atoms with Gasteiger partial charge in [0.05, 0.1) is 11.2 Å². The predicted octanol–water partition coefficient (Wildman–Crippen LogP) is 3.29. The molecule has 2 aromatic rings. The first-order valence-corrected chi connectivity index (χ1v) is 5.90. The van der Waals surface area contributed by atoms with Gasteiger partial charge >= 0.3 is 0 Å². The van der Waals surface area contributed by atoms with E-state index in [9.17, 15) is 0 Å². The molecule has 1 aliphatic rings. The molecule has 1 radical (unpaired) electrons. The Kier molecular flexibility index (Phi) is 3.41. The molecule has 3 heteroatoms. The van der Waals surface area contributed by atoms with Crippen LogP contribution < -0.4 is 5.32 Å².